The number of rotatable bonds is 5. The van der Waals surface area contributed by atoms with Crippen LogP contribution in [0.2, 0.25) is 0 Å². The van der Waals surface area contributed by atoms with Gasteiger partial charge in [0.05, 0.1) is 23.2 Å². The molecule has 1 saturated heterocycles. The number of thiophene rings is 1. The molecule has 1 aliphatic rings. The van der Waals surface area contributed by atoms with Crippen LogP contribution in [0, 0.1) is 17.3 Å². The number of carbonyl (C=O) groups excluding carboxylic acids is 1. The van der Waals surface area contributed by atoms with Crippen molar-refractivity contribution in [3.05, 3.63) is 15.8 Å². The smallest absolute Gasteiger partial charge is 0.348 e. The monoisotopic (exact) mass is 379 g/mol. The van der Waals surface area contributed by atoms with Gasteiger partial charge < -0.3 is 19.8 Å². The summed E-state index contributed by atoms with van der Waals surface area (Å²) in [4.78, 5) is 26.8. The van der Waals surface area contributed by atoms with Crippen LogP contribution in [0.25, 0.3) is 0 Å². The second-order valence-corrected chi connectivity index (χ2v) is 8.43. The average Bonchev–Trinajstić information content (AvgIpc) is 2.96. The molecule has 142 valence electrons. The van der Waals surface area contributed by atoms with Gasteiger partial charge in [-0.3, -0.25) is 4.79 Å². The Hall–Kier alpha value is -1.88. The number of amides is 1. The first-order valence-electron chi connectivity index (χ1n) is 8.60. The Kier molecular flexibility index (Phi) is 6.45. The predicted octanol–water partition coefficient (Wildman–Crippen LogP) is 2.74. The van der Waals surface area contributed by atoms with E-state index in [1.807, 2.05) is 27.7 Å². The number of anilines is 1. The molecule has 6 nitrogen and oxygen atoms in total. The number of morpholine rings is 1. The van der Waals surface area contributed by atoms with Crippen LogP contribution in [0.15, 0.2) is 6.07 Å². The third-order valence-electron chi connectivity index (χ3n) is 3.84. The molecule has 1 amide bonds. The van der Waals surface area contributed by atoms with Gasteiger partial charge in [-0.1, -0.05) is 11.8 Å². The molecule has 0 bridgehead atoms. The number of hydrogen-bond donors (Lipinski definition) is 2. The van der Waals surface area contributed by atoms with E-state index in [1.54, 1.807) is 6.07 Å². The summed E-state index contributed by atoms with van der Waals surface area (Å²) in [5.74, 6) is 4.76. The zero-order valence-corrected chi connectivity index (χ0v) is 16.4. The van der Waals surface area contributed by atoms with Gasteiger partial charge in [0.2, 0.25) is 0 Å². The number of aliphatic hydroxyl groups is 1. The maximum absolute atomic E-state index is 12.8. The molecule has 0 aromatic carbocycles. The summed E-state index contributed by atoms with van der Waals surface area (Å²) in [5.41, 5.74) is 0.167. The number of carbonyl (C=O) groups is 2. The van der Waals surface area contributed by atoms with Gasteiger partial charge in [-0.05, 0) is 46.6 Å². The van der Waals surface area contributed by atoms with Gasteiger partial charge in [0, 0.05) is 12.0 Å². The third kappa shape index (κ3) is 4.85. The molecule has 7 heteroatoms. The lowest BCUT2D eigenvalue weighted by Gasteiger charge is -2.37. The van der Waals surface area contributed by atoms with Crippen LogP contribution in [-0.4, -0.2) is 47.4 Å². The standard InChI is InChI=1S/C19H25NO5S/c1-12-11-25-15(6-5-9-21)17(22)20(12)14-10-13(7-8-19(2,3)4)26-16(14)18(23)24/h10,12,15,21H,5-6,9,11H2,1-4H3,(H,23,24)/t12-,15?/m1/s1. The van der Waals surface area contributed by atoms with E-state index in [0.717, 1.165) is 11.3 Å². The molecule has 2 rings (SSSR count). The zero-order chi connectivity index (χ0) is 19.5. The summed E-state index contributed by atoms with van der Waals surface area (Å²) in [6.07, 6.45) is 0.196. The fourth-order valence-electron chi connectivity index (χ4n) is 2.64. The summed E-state index contributed by atoms with van der Waals surface area (Å²) in [5, 5.41) is 18.6. The van der Waals surface area contributed by atoms with Gasteiger partial charge in [-0.2, -0.15) is 0 Å². The van der Waals surface area contributed by atoms with Crippen molar-refractivity contribution < 1.29 is 24.5 Å². The number of nitrogens with zero attached hydrogens (tertiary/aromatic N) is 1. The topological polar surface area (TPSA) is 87.1 Å². The van der Waals surface area contributed by atoms with E-state index in [2.05, 4.69) is 11.8 Å². The molecule has 1 aromatic heterocycles. The van der Waals surface area contributed by atoms with Gasteiger partial charge in [-0.15, -0.1) is 11.3 Å². The van der Waals surface area contributed by atoms with Crippen molar-refractivity contribution in [3.63, 3.8) is 0 Å². The van der Waals surface area contributed by atoms with E-state index in [0.29, 0.717) is 30.0 Å². The number of carboxylic acid groups (broad SMARTS) is 1. The van der Waals surface area contributed by atoms with Crippen molar-refractivity contribution in [2.24, 2.45) is 5.41 Å². The molecular formula is C19H25NO5S. The number of aliphatic hydroxyl groups excluding tert-OH is 1. The van der Waals surface area contributed by atoms with E-state index < -0.39 is 12.1 Å². The van der Waals surface area contributed by atoms with Crippen LogP contribution in [0.1, 0.15) is 55.1 Å². The fraction of sp³-hybridized carbons (Fsp3) is 0.579. The Bertz CT molecular complexity index is 735. The zero-order valence-electron chi connectivity index (χ0n) is 15.5. The van der Waals surface area contributed by atoms with Crippen LogP contribution >= 0.6 is 11.3 Å². The second-order valence-electron chi connectivity index (χ2n) is 7.38. The molecule has 1 aliphatic heterocycles. The number of aromatic carboxylic acids is 1. The fourth-order valence-corrected chi connectivity index (χ4v) is 3.48. The number of carboxylic acids is 1. The minimum absolute atomic E-state index is 0.0198. The quantitative estimate of drug-likeness (QED) is 0.768. The molecular weight excluding hydrogens is 354 g/mol. The van der Waals surface area contributed by atoms with E-state index in [-0.39, 0.29) is 28.8 Å². The third-order valence-corrected chi connectivity index (χ3v) is 4.87. The molecule has 2 atom stereocenters. The Morgan fingerprint density at radius 2 is 2.15 bits per heavy atom. The highest BCUT2D eigenvalue weighted by Gasteiger charge is 2.37. The summed E-state index contributed by atoms with van der Waals surface area (Å²) >= 11 is 1.08. The predicted molar refractivity (Wildman–Crippen MR) is 101 cm³/mol. The minimum Gasteiger partial charge on any atom is -0.477 e. The van der Waals surface area contributed by atoms with Crippen molar-refractivity contribution >= 4 is 28.9 Å². The first-order valence-corrected chi connectivity index (χ1v) is 9.41. The molecule has 1 aromatic rings. The lowest BCUT2D eigenvalue weighted by atomic mass is 9.98. The normalized spacial score (nSPS) is 20.7. The maximum Gasteiger partial charge on any atom is 0.348 e. The van der Waals surface area contributed by atoms with E-state index in [4.69, 9.17) is 9.84 Å². The van der Waals surface area contributed by atoms with Crippen LogP contribution in [-0.2, 0) is 9.53 Å². The van der Waals surface area contributed by atoms with Crippen molar-refractivity contribution in [1.82, 2.24) is 0 Å². The van der Waals surface area contributed by atoms with Crippen molar-refractivity contribution in [1.29, 1.82) is 0 Å². The molecule has 0 aliphatic carbocycles. The van der Waals surface area contributed by atoms with Gasteiger partial charge in [0.1, 0.15) is 11.0 Å². The van der Waals surface area contributed by atoms with E-state index >= 15 is 0 Å². The first-order chi connectivity index (χ1) is 12.1. The van der Waals surface area contributed by atoms with E-state index in [1.165, 1.54) is 4.90 Å². The van der Waals surface area contributed by atoms with Crippen LogP contribution in [0.4, 0.5) is 5.69 Å². The SMILES string of the molecule is C[C@@H]1COC(CCCO)C(=O)N1c1cc(C#CC(C)(C)C)sc1C(=O)O. The molecule has 0 spiro atoms. The maximum atomic E-state index is 12.8. The lowest BCUT2D eigenvalue weighted by Crippen LogP contribution is -2.53. The summed E-state index contributed by atoms with van der Waals surface area (Å²) in [6, 6.07) is 1.40. The summed E-state index contributed by atoms with van der Waals surface area (Å²) in [6.45, 7) is 8.06. The summed E-state index contributed by atoms with van der Waals surface area (Å²) in [7, 11) is 0. The first kappa shape index (κ1) is 20.4. The van der Waals surface area contributed by atoms with Gasteiger partial charge >= 0.3 is 5.97 Å². The summed E-state index contributed by atoms with van der Waals surface area (Å²) < 4.78 is 5.58. The molecule has 26 heavy (non-hydrogen) atoms. The number of ether oxygens (including phenoxy) is 1. The van der Waals surface area contributed by atoms with Crippen LogP contribution < -0.4 is 4.90 Å². The van der Waals surface area contributed by atoms with Gasteiger partial charge in [0.15, 0.2) is 0 Å². The van der Waals surface area contributed by atoms with E-state index in [9.17, 15) is 14.7 Å². The second kappa shape index (κ2) is 8.21. The number of hydrogen-bond acceptors (Lipinski definition) is 5. The minimum atomic E-state index is -1.08. The Morgan fingerprint density at radius 1 is 1.46 bits per heavy atom. The molecule has 2 heterocycles. The average molecular weight is 379 g/mol. The van der Waals surface area contributed by atoms with Crippen LogP contribution in [0.5, 0.6) is 0 Å². The Labute approximate surface area is 157 Å². The molecule has 1 fully saturated rings. The largest absolute Gasteiger partial charge is 0.477 e. The highest BCUT2D eigenvalue weighted by Crippen LogP contribution is 2.34. The molecule has 1 unspecified atom stereocenters. The highest BCUT2D eigenvalue weighted by atomic mass is 32.1. The van der Waals surface area contributed by atoms with Gasteiger partial charge in [-0.25, -0.2) is 4.79 Å². The Balaban J connectivity index is 2.40. The van der Waals surface area contributed by atoms with Crippen molar-refractivity contribution in [2.75, 3.05) is 18.1 Å². The Morgan fingerprint density at radius 3 is 2.73 bits per heavy atom. The highest BCUT2D eigenvalue weighted by molar-refractivity contribution is 7.15. The molecule has 0 radical (unpaired) electrons. The van der Waals surface area contributed by atoms with Gasteiger partial charge in [0.25, 0.3) is 5.91 Å². The van der Waals surface area contributed by atoms with Crippen molar-refractivity contribution in [3.8, 4) is 11.8 Å². The van der Waals surface area contributed by atoms with Crippen molar-refractivity contribution in [2.45, 2.75) is 52.7 Å². The molecule has 0 saturated carbocycles. The van der Waals surface area contributed by atoms with Crippen LogP contribution in [0.3, 0.4) is 0 Å². The molecule has 2 N–H and O–H groups in total. The lowest BCUT2D eigenvalue weighted by molar-refractivity contribution is -0.136.